The molecule has 2 aromatic rings. The van der Waals surface area contributed by atoms with Crippen molar-refractivity contribution in [3.63, 3.8) is 0 Å². The maximum atomic E-state index is 13.6. The average Bonchev–Trinajstić information content (AvgIpc) is 3.76. The standard InChI is InChI=1S/C27H35N3O7S/c1-17-14-30(18(2)16-31)27(33)22-6-5-7-23(28-26(32)19-8-9-19)25(22)37-24(17)15-29(3)38(34,35)21-12-10-20(36-4)11-13-21/h5-7,10-13,17-19,24,31H,8-9,14-16H2,1-4H3,(H,28,32)/t17-,18-,24+/m1/s1. The van der Waals surface area contributed by atoms with Crippen molar-refractivity contribution in [2.45, 2.75) is 43.7 Å². The molecule has 2 aromatic carbocycles. The highest BCUT2D eigenvalue weighted by Crippen LogP contribution is 2.37. The maximum absolute atomic E-state index is 13.6. The van der Waals surface area contributed by atoms with E-state index in [-0.39, 0.29) is 59.6 Å². The van der Waals surface area contributed by atoms with Crippen molar-refractivity contribution in [2.24, 2.45) is 11.8 Å². The van der Waals surface area contributed by atoms with Crippen LogP contribution in [0.1, 0.15) is 37.0 Å². The molecule has 1 heterocycles. The normalized spacial score (nSPS) is 20.7. The van der Waals surface area contributed by atoms with E-state index in [1.54, 1.807) is 42.2 Å². The number of rotatable bonds is 9. The van der Waals surface area contributed by atoms with Gasteiger partial charge in [0.2, 0.25) is 15.9 Å². The summed E-state index contributed by atoms with van der Waals surface area (Å²) in [5, 5.41) is 12.7. The largest absolute Gasteiger partial charge is 0.497 e. The van der Waals surface area contributed by atoms with E-state index < -0.39 is 22.2 Å². The number of carbonyl (C=O) groups excluding carboxylic acids is 2. The lowest BCUT2D eigenvalue weighted by Gasteiger charge is -2.38. The van der Waals surface area contributed by atoms with E-state index in [0.717, 1.165) is 12.8 Å². The molecule has 0 radical (unpaired) electrons. The highest BCUT2D eigenvalue weighted by molar-refractivity contribution is 7.89. The molecule has 3 atom stereocenters. The lowest BCUT2D eigenvalue weighted by Crippen LogP contribution is -2.50. The summed E-state index contributed by atoms with van der Waals surface area (Å²) in [6.45, 7) is 3.64. The van der Waals surface area contributed by atoms with E-state index >= 15 is 0 Å². The molecule has 2 aliphatic rings. The number of ether oxygens (including phenoxy) is 2. The summed E-state index contributed by atoms with van der Waals surface area (Å²) in [5.41, 5.74) is 0.612. The first-order valence-corrected chi connectivity index (χ1v) is 14.1. The third kappa shape index (κ3) is 5.79. The molecule has 11 heteroatoms. The van der Waals surface area contributed by atoms with Gasteiger partial charge >= 0.3 is 0 Å². The number of anilines is 1. The molecule has 1 fully saturated rings. The molecule has 1 saturated carbocycles. The van der Waals surface area contributed by atoms with Crippen molar-refractivity contribution < 1.29 is 32.6 Å². The van der Waals surface area contributed by atoms with E-state index in [2.05, 4.69) is 5.32 Å². The Bertz CT molecular complexity index is 1280. The minimum absolute atomic E-state index is 0.00455. The Morgan fingerprint density at radius 2 is 1.92 bits per heavy atom. The third-order valence-corrected chi connectivity index (χ3v) is 8.94. The Kier molecular flexibility index (Phi) is 8.29. The van der Waals surface area contributed by atoms with Gasteiger partial charge in [-0.1, -0.05) is 13.0 Å². The minimum atomic E-state index is -3.86. The van der Waals surface area contributed by atoms with Crippen LogP contribution >= 0.6 is 0 Å². The van der Waals surface area contributed by atoms with Crippen LogP contribution in [0.25, 0.3) is 0 Å². The lowest BCUT2D eigenvalue weighted by atomic mass is 9.99. The van der Waals surface area contributed by atoms with Crippen molar-refractivity contribution >= 4 is 27.5 Å². The number of hydrogen-bond donors (Lipinski definition) is 2. The van der Waals surface area contributed by atoms with E-state index in [1.165, 1.54) is 30.6 Å². The summed E-state index contributed by atoms with van der Waals surface area (Å²) in [4.78, 5) is 27.8. The molecule has 0 aromatic heterocycles. The van der Waals surface area contributed by atoms with Crippen molar-refractivity contribution in [1.82, 2.24) is 9.21 Å². The molecular formula is C27H35N3O7S. The monoisotopic (exact) mass is 545 g/mol. The Hall–Kier alpha value is -3.15. The van der Waals surface area contributed by atoms with Gasteiger partial charge in [0.25, 0.3) is 5.91 Å². The van der Waals surface area contributed by atoms with Gasteiger partial charge in [-0.15, -0.1) is 0 Å². The number of carbonyl (C=O) groups is 2. The Morgan fingerprint density at radius 1 is 1.24 bits per heavy atom. The Morgan fingerprint density at radius 3 is 2.53 bits per heavy atom. The molecule has 0 saturated heterocycles. The van der Waals surface area contributed by atoms with Gasteiger partial charge in [0.15, 0.2) is 5.75 Å². The van der Waals surface area contributed by atoms with Crippen molar-refractivity contribution in [3.05, 3.63) is 48.0 Å². The van der Waals surface area contributed by atoms with Crippen LogP contribution < -0.4 is 14.8 Å². The second-order valence-corrected chi connectivity index (χ2v) is 12.1. The van der Waals surface area contributed by atoms with Gasteiger partial charge in [0.05, 0.1) is 42.4 Å². The van der Waals surface area contributed by atoms with E-state index in [1.807, 2.05) is 6.92 Å². The molecule has 2 amide bonds. The Labute approximate surface area is 223 Å². The van der Waals surface area contributed by atoms with E-state index in [9.17, 15) is 23.1 Å². The number of sulfonamides is 1. The first kappa shape index (κ1) is 27.9. The highest BCUT2D eigenvalue weighted by Gasteiger charge is 2.37. The van der Waals surface area contributed by atoms with Crippen LogP contribution in [0.5, 0.6) is 11.5 Å². The van der Waals surface area contributed by atoms with Gasteiger partial charge in [-0.25, -0.2) is 8.42 Å². The number of nitrogens with zero attached hydrogens (tertiary/aromatic N) is 2. The quantitative estimate of drug-likeness (QED) is 0.496. The fourth-order valence-electron chi connectivity index (χ4n) is 4.42. The minimum Gasteiger partial charge on any atom is -0.497 e. The molecule has 206 valence electrons. The summed E-state index contributed by atoms with van der Waals surface area (Å²) in [6.07, 6.45) is 0.971. The van der Waals surface area contributed by atoms with Crippen LogP contribution in [0.2, 0.25) is 0 Å². The summed E-state index contributed by atoms with van der Waals surface area (Å²) in [5.74, 6) is -0.0788. The van der Waals surface area contributed by atoms with Crippen molar-refractivity contribution in [2.75, 3.05) is 39.2 Å². The summed E-state index contributed by atoms with van der Waals surface area (Å²) < 4.78 is 39.5. The van der Waals surface area contributed by atoms with Crippen LogP contribution in [0.15, 0.2) is 47.4 Å². The second kappa shape index (κ2) is 11.3. The Balaban J connectivity index is 1.68. The van der Waals surface area contributed by atoms with Crippen LogP contribution in [-0.2, 0) is 14.8 Å². The first-order chi connectivity index (χ1) is 18.1. The van der Waals surface area contributed by atoms with Gasteiger partial charge in [-0.2, -0.15) is 4.31 Å². The third-order valence-electron chi connectivity index (χ3n) is 7.10. The van der Waals surface area contributed by atoms with E-state index in [4.69, 9.17) is 9.47 Å². The number of fused-ring (bicyclic) bond motifs is 1. The van der Waals surface area contributed by atoms with Gasteiger partial charge in [-0.05, 0) is 56.2 Å². The zero-order chi connectivity index (χ0) is 27.6. The second-order valence-electron chi connectivity index (χ2n) is 10.0. The number of amides is 2. The molecule has 1 aliphatic heterocycles. The number of likely N-dealkylation sites (N-methyl/N-ethyl adjacent to an activating group) is 1. The van der Waals surface area contributed by atoms with Crippen LogP contribution in [0.3, 0.4) is 0 Å². The maximum Gasteiger partial charge on any atom is 0.258 e. The molecule has 10 nitrogen and oxygen atoms in total. The highest BCUT2D eigenvalue weighted by atomic mass is 32.2. The van der Waals surface area contributed by atoms with E-state index in [0.29, 0.717) is 11.4 Å². The summed E-state index contributed by atoms with van der Waals surface area (Å²) in [7, 11) is -0.866. The number of aliphatic hydroxyl groups excluding tert-OH is 1. The number of para-hydroxylation sites is 1. The molecule has 0 spiro atoms. The number of benzene rings is 2. The van der Waals surface area contributed by atoms with Gasteiger partial charge in [0.1, 0.15) is 11.9 Å². The summed E-state index contributed by atoms with van der Waals surface area (Å²) >= 11 is 0. The smallest absolute Gasteiger partial charge is 0.258 e. The number of aliphatic hydroxyl groups is 1. The first-order valence-electron chi connectivity index (χ1n) is 12.7. The molecule has 1 aliphatic carbocycles. The molecule has 0 bridgehead atoms. The average molecular weight is 546 g/mol. The zero-order valence-corrected chi connectivity index (χ0v) is 22.9. The van der Waals surface area contributed by atoms with Crippen molar-refractivity contribution in [1.29, 1.82) is 0 Å². The number of nitrogens with one attached hydrogen (secondary N) is 1. The van der Waals surface area contributed by atoms with Gasteiger partial charge in [0, 0.05) is 25.4 Å². The topological polar surface area (TPSA) is 125 Å². The SMILES string of the molecule is COc1ccc(S(=O)(=O)N(C)C[C@@H]2Oc3c(NC(=O)C4CC4)cccc3C(=O)N([C@H](C)CO)C[C@H]2C)cc1. The zero-order valence-electron chi connectivity index (χ0n) is 22.1. The van der Waals surface area contributed by atoms with Crippen LogP contribution in [-0.4, -0.2) is 80.5 Å². The molecule has 4 rings (SSSR count). The fraction of sp³-hybridized carbons (Fsp3) is 0.481. The number of methoxy groups -OCH3 is 1. The lowest BCUT2D eigenvalue weighted by molar-refractivity contribution is -0.117. The predicted octanol–water partition coefficient (Wildman–Crippen LogP) is 2.58. The van der Waals surface area contributed by atoms with Gasteiger partial charge < -0.3 is 24.8 Å². The predicted molar refractivity (Wildman–Crippen MR) is 142 cm³/mol. The number of hydrogen-bond acceptors (Lipinski definition) is 7. The summed E-state index contributed by atoms with van der Waals surface area (Å²) in [6, 6.07) is 10.6. The molecule has 2 N–H and O–H groups in total. The molecule has 0 unspecified atom stereocenters. The van der Waals surface area contributed by atoms with Gasteiger partial charge in [-0.3, -0.25) is 9.59 Å². The van der Waals surface area contributed by atoms with Crippen LogP contribution in [0, 0.1) is 11.8 Å². The molecular weight excluding hydrogens is 510 g/mol. The fourth-order valence-corrected chi connectivity index (χ4v) is 5.60. The van der Waals surface area contributed by atoms with Crippen LogP contribution in [0.4, 0.5) is 5.69 Å². The molecule has 38 heavy (non-hydrogen) atoms. The van der Waals surface area contributed by atoms with Crippen molar-refractivity contribution in [3.8, 4) is 11.5 Å².